The lowest BCUT2D eigenvalue weighted by Gasteiger charge is -2.31. The number of carbonyl (C=O) groups is 1. The second kappa shape index (κ2) is 10.1. The molecule has 166 valence electrons. The van der Waals surface area contributed by atoms with Crippen LogP contribution in [0.5, 0.6) is 17.2 Å². The van der Waals surface area contributed by atoms with Crippen LogP contribution in [0.1, 0.15) is 24.1 Å². The molecule has 0 atom stereocenters. The molecule has 4 rings (SSSR count). The molecule has 1 fully saturated rings. The maximum Gasteiger partial charge on any atom is 0.415 e. The van der Waals surface area contributed by atoms with Crippen molar-refractivity contribution in [1.29, 1.82) is 0 Å². The molecule has 32 heavy (non-hydrogen) atoms. The lowest BCUT2D eigenvalue weighted by Crippen LogP contribution is -2.43. The van der Waals surface area contributed by atoms with Crippen LogP contribution >= 0.6 is 0 Å². The molecule has 0 radical (unpaired) electrons. The molecule has 3 aromatic rings. The maximum absolute atomic E-state index is 13.2. The Morgan fingerprint density at radius 2 is 1.81 bits per heavy atom. The minimum Gasteiger partial charge on any atom is -0.490 e. The monoisotopic (exact) mass is 436 g/mol. The third-order valence-corrected chi connectivity index (χ3v) is 5.28. The average Bonchev–Trinajstić information content (AvgIpc) is 2.81. The minimum absolute atomic E-state index is 0.0261. The highest BCUT2D eigenvalue weighted by molar-refractivity contribution is 5.71. The summed E-state index contributed by atoms with van der Waals surface area (Å²) in [6, 6.07) is 17.2. The second-order valence-corrected chi connectivity index (χ2v) is 7.65. The number of halogens is 1. The molecule has 2 heterocycles. The van der Waals surface area contributed by atoms with E-state index in [1.54, 1.807) is 36.2 Å². The van der Waals surface area contributed by atoms with Gasteiger partial charge in [-0.2, -0.15) is 0 Å². The summed E-state index contributed by atoms with van der Waals surface area (Å²) in [5.74, 6) is 1.64. The number of rotatable bonds is 6. The second-order valence-electron chi connectivity index (χ2n) is 7.65. The fourth-order valence-corrected chi connectivity index (χ4v) is 3.49. The Bertz CT molecular complexity index is 1050. The van der Waals surface area contributed by atoms with Gasteiger partial charge in [0.15, 0.2) is 5.75 Å². The SMILES string of the molecule is Cc1ncccc1OC(=O)N1CCC(Oc2ccc(OCc3cccc(F)c3)cc2)CC1. The topological polar surface area (TPSA) is 60.9 Å². The number of piperidine rings is 1. The third-order valence-electron chi connectivity index (χ3n) is 5.28. The van der Waals surface area contributed by atoms with E-state index in [4.69, 9.17) is 14.2 Å². The van der Waals surface area contributed by atoms with Crippen LogP contribution in [0.4, 0.5) is 9.18 Å². The van der Waals surface area contributed by atoms with Crippen molar-refractivity contribution >= 4 is 6.09 Å². The molecule has 0 N–H and O–H groups in total. The van der Waals surface area contributed by atoms with Gasteiger partial charge in [0.2, 0.25) is 0 Å². The molecular formula is C25H25FN2O4. The number of pyridine rings is 1. The van der Waals surface area contributed by atoms with Gasteiger partial charge in [-0.05, 0) is 61.0 Å². The lowest BCUT2D eigenvalue weighted by atomic mass is 10.1. The fourth-order valence-electron chi connectivity index (χ4n) is 3.49. The Balaban J connectivity index is 1.22. The first-order valence-corrected chi connectivity index (χ1v) is 10.6. The van der Waals surface area contributed by atoms with Crippen molar-refractivity contribution in [2.75, 3.05) is 13.1 Å². The van der Waals surface area contributed by atoms with E-state index in [1.165, 1.54) is 12.1 Å². The van der Waals surface area contributed by atoms with Crippen LogP contribution in [0.25, 0.3) is 0 Å². The quantitative estimate of drug-likeness (QED) is 0.535. The molecule has 1 aliphatic rings. The lowest BCUT2D eigenvalue weighted by molar-refractivity contribution is 0.0928. The Morgan fingerprint density at radius 1 is 1.06 bits per heavy atom. The predicted molar refractivity (Wildman–Crippen MR) is 117 cm³/mol. The first-order chi connectivity index (χ1) is 15.6. The fraction of sp³-hybridized carbons (Fsp3) is 0.280. The molecule has 0 spiro atoms. The van der Waals surface area contributed by atoms with Gasteiger partial charge in [-0.3, -0.25) is 4.98 Å². The highest BCUT2D eigenvalue weighted by atomic mass is 19.1. The van der Waals surface area contributed by atoms with Crippen LogP contribution in [-0.2, 0) is 6.61 Å². The van der Waals surface area contributed by atoms with E-state index < -0.39 is 0 Å². The molecule has 0 bridgehead atoms. The van der Waals surface area contributed by atoms with Crippen LogP contribution in [0, 0.1) is 12.7 Å². The van der Waals surface area contributed by atoms with Gasteiger partial charge in [0, 0.05) is 32.1 Å². The molecule has 1 aliphatic heterocycles. The van der Waals surface area contributed by atoms with Gasteiger partial charge in [0.05, 0.1) is 5.69 Å². The van der Waals surface area contributed by atoms with Crippen LogP contribution in [0.15, 0.2) is 66.9 Å². The van der Waals surface area contributed by atoms with E-state index in [0.717, 1.165) is 24.2 Å². The van der Waals surface area contributed by atoms with E-state index in [-0.39, 0.29) is 18.0 Å². The highest BCUT2D eigenvalue weighted by Crippen LogP contribution is 2.23. The normalized spacial score (nSPS) is 14.1. The number of hydrogen-bond donors (Lipinski definition) is 0. The molecule has 1 amide bonds. The first-order valence-electron chi connectivity index (χ1n) is 10.6. The van der Waals surface area contributed by atoms with Crippen molar-refractivity contribution in [3.63, 3.8) is 0 Å². The molecule has 1 aromatic heterocycles. The molecule has 0 unspecified atom stereocenters. The molecule has 6 nitrogen and oxygen atoms in total. The number of amides is 1. The zero-order valence-electron chi connectivity index (χ0n) is 17.9. The molecule has 1 saturated heterocycles. The number of carbonyl (C=O) groups excluding carboxylic acids is 1. The number of likely N-dealkylation sites (tertiary alicyclic amines) is 1. The third kappa shape index (κ3) is 5.75. The summed E-state index contributed by atoms with van der Waals surface area (Å²) in [6.45, 7) is 3.24. The molecule has 2 aromatic carbocycles. The number of nitrogens with zero attached hydrogens (tertiary/aromatic N) is 2. The minimum atomic E-state index is -0.362. The Hall–Kier alpha value is -3.61. The smallest absolute Gasteiger partial charge is 0.415 e. The Labute approximate surface area is 186 Å². The summed E-state index contributed by atoms with van der Waals surface area (Å²) in [6.07, 6.45) is 2.77. The van der Waals surface area contributed by atoms with Crippen LogP contribution in [0.3, 0.4) is 0 Å². The van der Waals surface area contributed by atoms with E-state index in [1.807, 2.05) is 30.3 Å². The van der Waals surface area contributed by atoms with Gasteiger partial charge in [0.1, 0.15) is 30.0 Å². The summed E-state index contributed by atoms with van der Waals surface area (Å²) < 4.78 is 30.5. The highest BCUT2D eigenvalue weighted by Gasteiger charge is 2.25. The van der Waals surface area contributed by atoms with E-state index in [2.05, 4.69) is 4.98 Å². The van der Waals surface area contributed by atoms with Crippen molar-refractivity contribution in [2.24, 2.45) is 0 Å². The largest absolute Gasteiger partial charge is 0.490 e. The van der Waals surface area contributed by atoms with Crippen molar-refractivity contribution in [2.45, 2.75) is 32.5 Å². The molecular weight excluding hydrogens is 411 g/mol. The van der Waals surface area contributed by atoms with E-state index >= 15 is 0 Å². The number of benzene rings is 2. The average molecular weight is 436 g/mol. The van der Waals surface area contributed by atoms with Crippen molar-refractivity contribution in [1.82, 2.24) is 9.88 Å². The predicted octanol–water partition coefficient (Wildman–Crippen LogP) is 5.15. The van der Waals surface area contributed by atoms with Crippen molar-refractivity contribution < 1.29 is 23.4 Å². The summed E-state index contributed by atoms with van der Waals surface area (Å²) in [4.78, 5) is 18.2. The van der Waals surface area contributed by atoms with Gasteiger partial charge in [-0.1, -0.05) is 12.1 Å². The number of aromatic nitrogens is 1. The summed E-state index contributed by atoms with van der Waals surface area (Å²) in [5, 5.41) is 0. The van der Waals surface area contributed by atoms with Gasteiger partial charge in [-0.25, -0.2) is 9.18 Å². The molecule has 0 aliphatic carbocycles. The molecule has 0 saturated carbocycles. The summed E-state index contributed by atoms with van der Waals surface area (Å²) >= 11 is 0. The van der Waals surface area contributed by atoms with Crippen LogP contribution in [0.2, 0.25) is 0 Å². The number of ether oxygens (including phenoxy) is 3. The Morgan fingerprint density at radius 3 is 2.53 bits per heavy atom. The van der Waals surface area contributed by atoms with Crippen molar-refractivity contribution in [3.8, 4) is 17.2 Å². The van der Waals surface area contributed by atoms with Gasteiger partial charge in [0.25, 0.3) is 0 Å². The zero-order chi connectivity index (χ0) is 22.3. The molecule has 7 heteroatoms. The van der Waals surface area contributed by atoms with E-state index in [9.17, 15) is 9.18 Å². The summed E-state index contributed by atoms with van der Waals surface area (Å²) in [5.41, 5.74) is 1.46. The summed E-state index contributed by atoms with van der Waals surface area (Å²) in [7, 11) is 0. The van der Waals surface area contributed by atoms with Crippen LogP contribution in [-0.4, -0.2) is 35.2 Å². The van der Waals surface area contributed by atoms with E-state index in [0.29, 0.717) is 36.9 Å². The van der Waals surface area contributed by atoms with Gasteiger partial charge < -0.3 is 19.1 Å². The first kappa shape index (κ1) is 21.6. The number of hydrogen-bond acceptors (Lipinski definition) is 5. The van der Waals surface area contributed by atoms with Crippen LogP contribution < -0.4 is 14.2 Å². The van der Waals surface area contributed by atoms with Crippen molar-refractivity contribution in [3.05, 3.63) is 83.9 Å². The maximum atomic E-state index is 13.2. The Kier molecular flexibility index (Phi) is 6.84. The van der Waals surface area contributed by atoms with Gasteiger partial charge >= 0.3 is 6.09 Å². The zero-order valence-corrected chi connectivity index (χ0v) is 17.9. The van der Waals surface area contributed by atoms with Gasteiger partial charge in [-0.15, -0.1) is 0 Å². The standard InChI is InChI=1S/C25H25FN2O4/c1-18-24(6-3-13-27-18)32-25(29)28-14-11-23(12-15-28)31-22-9-7-21(8-10-22)30-17-19-4-2-5-20(26)16-19/h2-10,13,16,23H,11-12,14-15,17H2,1H3. The number of aryl methyl sites for hydroxylation is 1.